The molecule has 3 nitrogen and oxygen atoms in total. The summed E-state index contributed by atoms with van der Waals surface area (Å²) in [6, 6.07) is 6.36. The van der Waals surface area contributed by atoms with Gasteiger partial charge in [-0.25, -0.2) is 4.98 Å². The fourth-order valence-electron chi connectivity index (χ4n) is 1.50. The summed E-state index contributed by atoms with van der Waals surface area (Å²) in [5, 5.41) is 0. The molecule has 0 spiro atoms. The predicted octanol–water partition coefficient (Wildman–Crippen LogP) is 1.95. The summed E-state index contributed by atoms with van der Waals surface area (Å²) >= 11 is 0. The molecule has 0 saturated carbocycles. The topological polar surface area (TPSA) is 43.8 Å². The molecule has 0 unspecified atom stereocenters. The highest BCUT2D eigenvalue weighted by molar-refractivity contribution is 5.39. The van der Waals surface area contributed by atoms with Gasteiger partial charge in [0.2, 0.25) is 0 Å². The Morgan fingerprint density at radius 3 is 2.67 bits per heavy atom. The third-order valence-corrected chi connectivity index (χ3v) is 2.63. The van der Waals surface area contributed by atoms with E-state index in [-0.39, 0.29) is 0 Å². The Morgan fingerprint density at radius 2 is 2.07 bits per heavy atom. The van der Waals surface area contributed by atoms with E-state index in [9.17, 15) is 0 Å². The van der Waals surface area contributed by atoms with E-state index < -0.39 is 0 Å². The molecule has 0 bridgehead atoms. The zero-order valence-electron chi connectivity index (χ0n) is 9.07. The van der Waals surface area contributed by atoms with E-state index in [1.165, 1.54) is 11.1 Å². The van der Waals surface area contributed by atoms with Gasteiger partial charge in [0.15, 0.2) is 0 Å². The van der Waals surface area contributed by atoms with Gasteiger partial charge in [-0.2, -0.15) is 0 Å². The summed E-state index contributed by atoms with van der Waals surface area (Å²) in [5.41, 5.74) is 10.2. The first-order valence-corrected chi connectivity index (χ1v) is 5.01. The van der Waals surface area contributed by atoms with Crippen LogP contribution in [0.5, 0.6) is 0 Å². The minimum absolute atomic E-state index is 0.484. The van der Waals surface area contributed by atoms with Crippen LogP contribution in [0, 0.1) is 13.8 Å². The Balaban J connectivity index is 2.40. The molecule has 78 valence electrons. The molecule has 0 aliphatic carbocycles. The van der Waals surface area contributed by atoms with E-state index in [1.54, 1.807) is 6.33 Å². The monoisotopic (exact) mass is 201 g/mol. The molecule has 0 aliphatic rings. The standard InChI is InChI=1S/C12H15N3/c1-9-3-4-12(5-10(9)2)15-7-11(6-13)14-8-15/h3-5,7-8H,6,13H2,1-2H3. The van der Waals surface area contributed by atoms with E-state index in [0.29, 0.717) is 6.54 Å². The first-order valence-electron chi connectivity index (χ1n) is 5.01. The minimum atomic E-state index is 0.484. The van der Waals surface area contributed by atoms with Crippen LogP contribution in [0.1, 0.15) is 16.8 Å². The van der Waals surface area contributed by atoms with Crippen molar-refractivity contribution in [3.8, 4) is 5.69 Å². The van der Waals surface area contributed by atoms with E-state index in [4.69, 9.17) is 5.73 Å². The highest BCUT2D eigenvalue weighted by Crippen LogP contribution is 2.14. The third kappa shape index (κ3) is 1.92. The molecular formula is C12H15N3. The normalized spacial score (nSPS) is 10.6. The van der Waals surface area contributed by atoms with Gasteiger partial charge >= 0.3 is 0 Å². The van der Waals surface area contributed by atoms with Crippen molar-refractivity contribution in [1.82, 2.24) is 9.55 Å². The maximum absolute atomic E-state index is 5.52. The van der Waals surface area contributed by atoms with Crippen LogP contribution >= 0.6 is 0 Å². The molecule has 1 aromatic carbocycles. The van der Waals surface area contributed by atoms with Crippen LogP contribution in [0.15, 0.2) is 30.7 Å². The Kier molecular flexibility index (Phi) is 2.56. The molecule has 0 fully saturated rings. The number of nitrogens with zero attached hydrogens (tertiary/aromatic N) is 2. The number of hydrogen-bond donors (Lipinski definition) is 1. The van der Waals surface area contributed by atoms with Gasteiger partial charge in [-0.05, 0) is 37.1 Å². The second-order valence-corrected chi connectivity index (χ2v) is 3.74. The Labute approximate surface area is 89.6 Å². The van der Waals surface area contributed by atoms with Gasteiger partial charge in [0.05, 0.1) is 12.0 Å². The van der Waals surface area contributed by atoms with Crippen molar-refractivity contribution >= 4 is 0 Å². The SMILES string of the molecule is Cc1ccc(-n2cnc(CN)c2)cc1C. The predicted molar refractivity (Wildman–Crippen MR) is 60.9 cm³/mol. The van der Waals surface area contributed by atoms with Crippen LogP contribution < -0.4 is 5.73 Å². The molecule has 0 aliphatic heterocycles. The van der Waals surface area contributed by atoms with Gasteiger partial charge < -0.3 is 10.3 Å². The van der Waals surface area contributed by atoms with Crippen molar-refractivity contribution in [2.75, 3.05) is 0 Å². The average molecular weight is 201 g/mol. The number of aryl methyl sites for hydroxylation is 2. The largest absolute Gasteiger partial charge is 0.325 e. The molecular weight excluding hydrogens is 186 g/mol. The quantitative estimate of drug-likeness (QED) is 0.807. The fourth-order valence-corrected chi connectivity index (χ4v) is 1.50. The van der Waals surface area contributed by atoms with Crippen LogP contribution in [-0.2, 0) is 6.54 Å². The fraction of sp³-hybridized carbons (Fsp3) is 0.250. The second-order valence-electron chi connectivity index (χ2n) is 3.74. The molecule has 0 atom stereocenters. The second kappa shape index (κ2) is 3.87. The lowest BCUT2D eigenvalue weighted by Gasteiger charge is -2.05. The summed E-state index contributed by atoms with van der Waals surface area (Å²) in [6.07, 6.45) is 3.76. The van der Waals surface area contributed by atoms with Crippen molar-refractivity contribution in [2.24, 2.45) is 5.73 Å². The molecule has 3 heteroatoms. The van der Waals surface area contributed by atoms with Gasteiger partial charge in [0.25, 0.3) is 0 Å². The highest BCUT2D eigenvalue weighted by atomic mass is 15.0. The molecule has 15 heavy (non-hydrogen) atoms. The first kappa shape index (κ1) is 9.93. The molecule has 2 aromatic rings. The number of benzene rings is 1. The molecule has 0 radical (unpaired) electrons. The molecule has 1 heterocycles. The van der Waals surface area contributed by atoms with E-state index >= 15 is 0 Å². The number of rotatable bonds is 2. The van der Waals surface area contributed by atoms with Gasteiger partial charge in [-0.15, -0.1) is 0 Å². The molecule has 2 N–H and O–H groups in total. The van der Waals surface area contributed by atoms with Gasteiger partial charge in [-0.1, -0.05) is 6.07 Å². The van der Waals surface area contributed by atoms with Crippen molar-refractivity contribution in [3.63, 3.8) is 0 Å². The van der Waals surface area contributed by atoms with Crippen molar-refractivity contribution < 1.29 is 0 Å². The van der Waals surface area contributed by atoms with Gasteiger partial charge in [-0.3, -0.25) is 0 Å². The Bertz CT molecular complexity index is 471. The maximum Gasteiger partial charge on any atom is 0.0995 e. The van der Waals surface area contributed by atoms with Crippen molar-refractivity contribution in [3.05, 3.63) is 47.5 Å². The van der Waals surface area contributed by atoms with Crippen LogP contribution in [0.4, 0.5) is 0 Å². The van der Waals surface area contributed by atoms with Crippen LogP contribution in [0.25, 0.3) is 5.69 Å². The summed E-state index contributed by atoms with van der Waals surface area (Å²) in [6.45, 7) is 4.70. The van der Waals surface area contributed by atoms with Gasteiger partial charge in [0, 0.05) is 18.4 Å². The van der Waals surface area contributed by atoms with Crippen molar-refractivity contribution in [2.45, 2.75) is 20.4 Å². The number of aromatic nitrogens is 2. The number of hydrogen-bond acceptors (Lipinski definition) is 2. The summed E-state index contributed by atoms with van der Waals surface area (Å²) in [5.74, 6) is 0. The number of imidazole rings is 1. The Morgan fingerprint density at radius 1 is 1.27 bits per heavy atom. The van der Waals surface area contributed by atoms with E-state index in [2.05, 4.69) is 37.0 Å². The maximum atomic E-state index is 5.52. The summed E-state index contributed by atoms with van der Waals surface area (Å²) in [7, 11) is 0. The summed E-state index contributed by atoms with van der Waals surface area (Å²) in [4.78, 5) is 4.20. The molecule has 2 rings (SSSR count). The minimum Gasteiger partial charge on any atom is -0.325 e. The average Bonchev–Trinajstić information content (AvgIpc) is 2.70. The van der Waals surface area contributed by atoms with Gasteiger partial charge in [0.1, 0.15) is 0 Å². The Hall–Kier alpha value is -1.61. The van der Waals surface area contributed by atoms with E-state index in [1.807, 2.05) is 10.8 Å². The molecule has 0 amide bonds. The summed E-state index contributed by atoms with van der Waals surface area (Å²) < 4.78 is 1.99. The molecule has 1 aromatic heterocycles. The lowest BCUT2D eigenvalue weighted by Crippen LogP contribution is -1.96. The van der Waals surface area contributed by atoms with Crippen LogP contribution in [0.3, 0.4) is 0 Å². The zero-order valence-corrected chi connectivity index (χ0v) is 9.07. The van der Waals surface area contributed by atoms with Crippen LogP contribution in [0.2, 0.25) is 0 Å². The number of nitrogens with two attached hydrogens (primary N) is 1. The highest BCUT2D eigenvalue weighted by Gasteiger charge is 2.00. The third-order valence-electron chi connectivity index (χ3n) is 2.63. The lowest BCUT2D eigenvalue weighted by atomic mass is 10.1. The van der Waals surface area contributed by atoms with Crippen molar-refractivity contribution in [1.29, 1.82) is 0 Å². The zero-order chi connectivity index (χ0) is 10.8. The van der Waals surface area contributed by atoms with E-state index in [0.717, 1.165) is 11.4 Å². The van der Waals surface area contributed by atoms with Crippen LogP contribution in [-0.4, -0.2) is 9.55 Å². The lowest BCUT2D eigenvalue weighted by molar-refractivity contribution is 1.01. The smallest absolute Gasteiger partial charge is 0.0995 e. The first-order chi connectivity index (χ1) is 7.20. The molecule has 0 saturated heterocycles.